The highest BCUT2D eigenvalue weighted by Gasteiger charge is 2.35. The second kappa shape index (κ2) is 8.09. The van der Waals surface area contributed by atoms with Crippen LogP contribution in [0.25, 0.3) is 0 Å². The Labute approximate surface area is 150 Å². The lowest BCUT2D eigenvalue weighted by Crippen LogP contribution is -2.41. The van der Waals surface area contributed by atoms with Crippen molar-refractivity contribution >= 4 is 5.91 Å². The molecule has 0 aromatic heterocycles. The third-order valence-corrected chi connectivity index (χ3v) is 5.47. The van der Waals surface area contributed by atoms with Gasteiger partial charge in [0.05, 0.1) is 13.2 Å². The number of ether oxygens (including phenoxy) is 2. The van der Waals surface area contributed by atoms with Gasteiger partial charge in [0.25, 0.3) is 0 Å². The number of carbonyl (C=O) groups excluding carboxylic acids is 1. The summed E-state index contributed by atoms with van der Waals surface area (Å²) < 4.78 is 11.5. The van der Waals surface area contributed by atoms with E-state index in [1.807, 2.05) is 18.7 Å². The molecule has 2 atom stereocenters. The van der Waals surface area contributed by atoms with E-state index < -0.39 is 0 Å². The molecule has 1 saturated carbocycles. The van der Waals surface area contributed by atoms with Gasteiger partial charge in [-0.15, -0.1) is 0 Å². The minimum atomic E-state index is 0.112. The van der Waals surface area contributed by atoms with Crippen LogP contribution in [0.15, 0.2) is 12.1 Å². The quantitative estimate of drug-likeness (QED) is 0.860. The van der Waals surface area contributed by atoms with Gasteiger partial charge in [-0.1, -0.05) is 6.42 Å². The first-order valence-corrected chi connectivity index (χ1v) is 9.58. The summed E-state index contributed by atoms with van der Waals surface area (Å²) in [5, 5.41) is 0. The molecular weight excluding hydrogens is 316 g/mol. The van der Waals surface area contributed by atoms with E-state index in [4.69, 9.17) is 15.2 Å². The topological polar surface area (TPSA) is 64.8 Å². The fourth-order valence-electron chi connectivity index (χ4n) is 4.17. The highest BCUT2D eigenvalue weighted by Crippen LogP contribution is 2.36. The van der Waals surface area contributed by atoms with Crippen molar-refractivity contribution in [1.82, 2.24) is 4.90 Å². The zero-order valence-electron chi connectivity index (χ0n) is 15.4. The third kappa shape index (κ3) is 3.76. The lowest BCUT2D eigenvalue weighted by Gasteiger charge is -2.33. The van der Waals surface area contributed by atoms with Crippen LogP contribution in [0, 0.1) is 11.8 Å². The number of rotatable bonds is 6. The molecule has 0 saturated heterocycles. The van der Waals surface area contributed by atoms with E-state index in [0.29, 0.717) is 32.2 Å². The smallest absolute Gasteiger partial charge is 0.226 e. The van der Waals surface area contributed by atoms with Crippen LogP contribution in [0.4, 0.5) is 0 Å². The van der Waals surface area contributed by atoms with Gasteiger partial charge in [0.2, 0.25) is 5.91 Å². The van der Waals surface area contributed by atoms with Crippen molar-refractivity contribution in [2.24, 2.45) is 17.6 Å². The summed E-state index contributed by atoms with van der Waals surface area (Å²) in [6, 6.07) is 4.14. The van der Waals surface area contributed by atoms with Gasteiger partial charge >= 0.3 is 0 Å². The summed E-state index contributed by atoms with van der Waals surface area (Å²) in [5.74, 6) is 2.33. The van der Waals surface area contributed by atoms with Crippen molar-refractivity contribution in [1.29, 1.82) is 0 Å². The average molecular weight is 346 g/mol. The first kappa shape index (κ1) is 18.1. The predicted octanol–water partition coefficient (Wildman–Crippen LogP) is 2.74. The molecule has 1 aliphatic heterocycles. The van der Waals surface area contributed by atoms with Gasteiger partial charge in [0.15, 0.2) is 11.5 Å². The molecular formula is C20H30N2O3. The number of nitrogens with two attached hydrogens (primary N) is 1. The van der Waals surface area contributed by atoms with Gasteiger partial charge in [-0.2, -0.15) is 0 Å². The summed E-state index contributed by atoms with van der Waals surface area (Å²) in [5.41, 5.74) is 8.30. The second-order valence-electron chi connectivity index (χ2n) is 6.98. The first-order chi connectivity index (χ1) is 12.2. The predicted molar refractivity (Wildman–Crippen MR) is 97.8 cm³/mol. The minimum absolute atomic E-state index is 0.112. The summed E-state index contributed by atoms with van der Waals surface area (Å²) in [6.45, 7) is 7.22. The third-order valence-electron chi connectivity index (χ3n) is 5.47. The molecule has 5 nitrogen and oxygen atoms in total. The molecule has 3 rings (SSSR count). The van der Waals surface area contributed by atoms with Gasteiger partial charge < -0.3 is 20.1 Å². The number of hydrogen-bond acceptors (Lipinski definition) is 4. The van der Waals surface area contributed by atoms with Crippen molar-refractivity contribution in [2.45, 2.75) is 46.1 Å². The van der Waals surface area contributed by atoms with E-state index in [0.717, 1.165) is 43.7 Å². The number of benzene rings is 1. The van der Waals surface area contributed by atoms with Gasteiger partial charge in [0.1, 0.15) is 0 Å². The highest BCUT2D eigenvalue weighted by molar-refractivity contribution is 5.80. The van der Waals surface area contributed by atoms with E-state index in [-0.39, 0.29) is 11.8 Å². The molecule has 0 spiro atoms. The zero-order chi connectivity index (χ0) is 17.8. The summed E-state index contributed by atoms with van der Waals surface area (Å²) in [7, 11) is 0. The molecule has 0 bridgehead atoms. The zero-order valence-corrected chi connectivity index (χ0v) is 15.4. The van der Waals surface area contributed by atoms with E-state index in [2.05, 4.69) is 12.1 Å². The van der Waals surface area contributed by atoms with Gasteiger partial charge in [-0.3, -0.25) is 4.79 Å². The SMILES string of the molecule is CCOc1cc2c(cc1OCC)CN(C(=O)[C@@H]1CCC[C@@H]1CN)CC2. The van der Waals surface area contributed by atoms with E-state index in [1.54, 1.807) is 0 Å². The van der Waals surface area contributed by atoms with Crippen molar-refractivity contribution in [3.63, 3.8) is 0 Å². The normalized spacial score (nSPS) is 22.6. The Bertz CT molecular complexity index is 617. The number of carbonyl (C=O) groups is 1. The number of hydrogen-bond donors (Lipinski definition) is 1. The fraction of sp³-hybridized carbons (Fsp3) is 0.650. The lowest BCUT2D eigenvalue weighted by atomic mass is 9.92. The molecule has 138 valence electrons. The number of nitrogens with zero attached hydrogens (tertiary/aromatic N) is 1. The molecule has 1 heterocycles. The molecule has 2 aliphatic rings. The van der Waals surface area contributed by atoms with Crippen LogP contribution >= 0.6 is 0 Å². The molecule has 25 heavy (non-hydrogen) atoms. The maximum atomic E-state index is 13.0. The van der Waals surface area contributed by atoms with Crippen LogP contribution in [0.5, 0.6) is 11.5 Å². The molecule has 1 amide bonds. The Morgan fingerprint density at radius 1 is 1.16 bits per heavy atom. The molecule has 2 N–H and O–H groups in total. The maximum Gasteiger partial charge on any atom is 0.226 e. The first-order valence-electron chi connectivity index (χ1n) is 9.58. The van der Waals surface area contributed by atoms with E-state index in [1.165, 1.54) is 11.1 Å². The van der Waals surface area contributed by atoms with Crippen LogP contribution < -0.4 is 15.2 Å². The second-order valence-corrected chi connectivity index (χ2v) is 6.98. The van der Waals surface area contributed by atoms with Crippen LogP contribution in [-0.4, -0.2) is 37.1 Å². The van der Waals surface area contributed by atoms with Crippen molar-refractivity contribution in [2.75, 3.05) is 26.3 Å². The Hall–Kier alpha value is -1.75. The van der Waals surface area contributed by atoms with Crippen molar-refractivity contribution in [3.05, 3.63) is 23.3 Å². The Kier molecular flexibility index (Phi) is 5.84. The molecule has 1 aromatic carbocycles. The molecule has 0 radical (unpaired) electrons. The number of amides is 1. The van der Waals surface area contributed by atoms with Crippen LogP contribution in [-0.2, 0) is 17.8 Å². The monoisotopic (exact) mass is 346 g/mol. The Morgan fingerprint density at radius 3 is 2.48 bits per heavy atom. The van der Waals surface area contributed by atoms with Gasteiger partial charge in [0, 0.05) is 19.0 Å². The van der Waals surface area contributed by atoms with Gasteiger partial charge in [-0.25, -0.2) is 0 Å². The van der Waals surface area contributed by atoms with Crippen molar-refractivity contribution in [3.8, 4) is 11.5 Å². The Morgan fingerprint density at radius 2 is 1.84 bits per heavy atom. The summed E-state index contributed by atoms with van der Waals surface area (Å²) >= 11 is 0. The van der Waals surface area contributed by atoms with E-state index >= 15 is 0 Å². The molecule has 1 aromatic rings. The minimum Gasteiger partial charge on any atom is -0.490 e. The molecule has 5 heteroatoms. The average Bonchev–Trinajstić information content (AvgIpc) is 3.10. The Balaban J connectivity index is 1.78. The molecule has 1 aliphatic carbocycles. The van der Waals surface area contributed by atoms with Gasteiger partial charge in [-0.05, 0) is 68.8 Å². The number of fused-ring (bicyclic) bond motifs is 1. The largest absolute Gasteiger partial charge is 0.490 e. The van der Waals surface area contributed by atoms with Crippen molar-refractivity contribution < 1.29 is 14.3 Å². The molecule has 1 fully saturated rings. The summed E-state index contributed by atoms with van der Waals surface area (Å²) in [4.78, 5) is 15.0. The van der Waals surface area contributed by atoms with Crippen LogP contribution in [0.1, 0.15) is 44.2 Å². The standard InChI is InChI=1S/C20H30N2O3/c1-3-24-18-10-14-8-9-22(13-16(14)11-19(18)25-4-2)20(23)17-7-5-6-15(17)12-21/h10-11,15,17H,3-9,12-13,21H2,1-2H3/t15-,17-/m1/s1. The fourth-order valence-corrected chi connectivity index (χ4v) is 4.17. The summed E-state index contributed by atoms with van der Waals surface area (Å²) in [6.07, 6.45) is 4.06. The maximum absolute atomic E-state index is 13.0. The highest BCUT2D eigenvalue weighted by atomic mass is 16.5. The van der Waals surface area contributed by atoms with E-state index in [9.17, 15) is 4.79 Å². The lowest BCUT2D eigenvalue weighted by molar-refractivity contribution is -0.137. The van der Waals surface area contributed by atoms with Crippen LogP contribution in [0.3, 0.4) is 0 Å². The van der Waals surface area contributed by atoms with Crippen LogP contribution in [0.2, 0.25) is 0 Å². The molecule has 0 unspecified atom stereocenters.